The Morgan fingerprint density at radius 3 is 2.10 bits per heavy atom. The molecule has 0 saturated carbocycles. The maximum absolute atomic E-state index is 13.8. The summed E-state index contributed by atoms with van der Waals surface area (Å²) in [5, 5.41) is 0. The zero-order valence-corrected chi connectivity index (χ0v) is 17.5. The average molecular weight is 395 g/mol. The fourth-order valence-electron chi connectivity index (χ4n) is 4.21. The highest BCUT2D eigenvalue weighted by molar-refractivity contribution is 5.91. The van der Waals surface area contributed by atoms with E-state index in [1.807, 2.05) is 60.7 Å². The van der Waals surface area contributed by atoms with Crippen molar-refractivity contribution in [1.29, 1.82) is 0 Å². The van der Waals surface area contributed by atoms with Crippen LogP contribution in [0.3, 0.4) is 0 Å². The quantitative estimate of drug-likeness (QED) is 0.676. The summed E-state index contributed by atoms with van der Waals surface area (Å²) in [6, 6.07) is 19.1. The molecule has 0 aliphatic carbocycles. The third-order valence-corrected chi connectivity index (χ3v) is 5.75. The number of methoxy groups -OCH3 is 1. The van der Waals surface area contributed by atoms with E-state index in [1.165, 1.54) is 7.11 Å². The molecule has 0 aromatic heterocycles. The Balaban J connectivity index is 1.95. The number of esters is 1. The number of carbonyl (C=O) groups excluding carboxylic acids is 2. The lowest BCUT2D eigenvalue weighted by atomic mass is 9.90. The first kappa shape index (κ1) is 21.1. The van der Waals surface area contributed by atoms with E-state index in [-0.39, 0.29) is 17.9 Å². The molecule has 1 amide bonds. The van der Waals surface area contributed by atoms with Crippen LogP contribution in [0.1, 0.15) is 36.8 Å². The third-order valence-electron chi connectivity index (χ3n) is 5.75. The van der Waals surface area contributed by atoms with Crippen LogP contribution < -0.4 is 0 Å². The van der Waals surface area contributed by atoms with E-state index >= 15 is 0 Å². The third kappa shape index (κ3) is 4.67. The second-order valence-electron chi connectivity index (χ2n) is 7.65. The van der Waals surface area contributed by atoms with E-state index in [0.717, 1.165) is 24.1 Å². The van der Waals surface area contributed by atoms with Crippen LogP contribution in [0.4, 0.5) is 0 Å². The molecule has 5 nitrogen and oxygen atoms in total. The minimum Gasteiger partial charge on any atom is -0.467 e. The first-order valence-electron chi connectivity index (χ1n) is 10.2. The number of rotatable bonds is 7. The van der Waals surface area contributed by atoms with Gasteiger partial charge in [0.15, 0.2) is 0 Å². The molecule has 2 aromatic rings. The van der Waals surface area contributed by atoms with E-state index in [0.29, 0.717) is 13.0 Å². The number of hydrogen-bond donors (Lipinski definition) is 0. The van der Waals surface area contributed by atoms with Gasteiger partial charge in [-0.2, -0.15) is 0 Å². The van der Waals surface area contributed by atoms with Crippen LogP contribution in [0.5, 0.6) is 0 Å². The summed E-state index contributed by atoms with van der Waals surface area (Å²) in [6.45, 7) is 3.60. The molecule has 154 valence electrons. The Bertz CT molecular complexity index is 770. The van der Waals surface area contributed by atoms with Gasteiger partial charge < -0.3 is 14.5 Å². The number of likely N-dealkylation sites (tertiary alicyclic amines) is 1. The van der Waals surface area contributed by atoms with E-state index in [1.54, 1.807) is 4.90 Å². The number of benzene rings is 2. The van der Waals surface area contributed by atoms with Crippen LogP contribution in [0.15, 0.2) is 60.7 Å². The molecule has 3 rings (SSSR count). The maximum Gasteiger partial charge on any atom is 0.328 e. The minimum absolute atomic E-state index is 0.0507. The van der Waals surface area contributed by atoms with Crippen molar-refractivity contribution in [2.75, 3.05) is 27.2 Å². The van der Waals surface area contributed by atoms with E-state index in [9.17, 15) is 9.59 Å². The zero-order chi connectivity index (χ0) is 20.8. The number of amides is 1. The number of hydrogen-bond acceptors (Lipinski definition) is 4. The topological polar surface area (TPSA) is 49.9 Å². The van der Waals surface area contributed by atoms with Crippen LogP contribution in [0, 0.1) is 0 Å². The number of ether oxygens (including phenoxy) is 1. The second-order valence-corrected chi connectivity index (χ2v) is 7.65. The van der Waals surface area contributed by atoms with Crippen molar-refractivity contribution in [2.45, 2.75) is 37.8 Å². The summed E-state index contributed by atoms with van der Waals surface area (Å²) in [5.74, 6) is -0.837. The summed E-state index contributed by atoms with van der Waals surface area (Å²) >= 11 is 0. The van der Waals surface area contributed by atoms with Crippen molar-refractivity contribution in [2.24, 2.45) is 0 Å². The molecule has 1 unspecified atom stereocenters. The lowest BCUT2D eigenvalue weighted by Gasteiger charge is -2.28. The van der Waals surface area contributed by atoms with Gasteiger partial charge in [0.25, 0.3) is 0 Å². The Morgan fingerprint density at radius 2 is 1.62 bits per heavy atom. The van der Waals surface area contributed by atoms with Crippen LogP contribution in [-0.4, -0.2) is 61.0 Å². The molecule has 1 heterocycles. The van der Waals surface area contributed by atoms with Crippen molar-refractivity contribution < 1.29 is 14.3 Å². The zero-order valence-electron chi connectivity index (χ0n) is 17.5. The molecule has 1 fully saturated rings. The molecule has 1 aliphatic heterocycles. The molecule has 0 N–H and O–H groups in total. The van der Waals surface area contributed by atoms with Crippen molar-refractivity contribution in [1.82, 2.24) is 9.80 Å². The summed E-state index contributed by atoms with van der Waals surface area (Å²) in [6.07, 6.45) is 1.63. The minimum atomic E-state index is -0.549. The van der Waals surface area contributed by atoms with Gasteiger partial charge in [-0.3, -0.25) is 4.79 Å². The fraction of sp³-hybridized carbons (Fsp3) is 0.417. The number of carbonyl (C=O) groups is 2. The summed E-state index contributed by atoms with van der Waals surface area (Å²) in [5.41, 5.74) is 1.86. The highest BCUT2D eigenvalue weighted by Gasteiger charge is 2.43. The Hall–Kier alpha value is -2.66. The van der Waals surface area contributed by atoms with Gasteiger partial charge in [-0.05, 0) is 37.6 Å². The van der Waals surface area contributed by atoms with Crippen molar-refractivity contribution >= 4 is 11.9 Å². The van der Waals surface area contributed by atoms with E-state index < -0.39 is 12.0 Å². The van der Waals surface area contributed by atoms with Crippen molar-refractivity contribution in [3.63, 3.8) is 0 Å². The first-order valence-corrected chi connectivity index (χ1v) is 10.2. The molecule has 0 spiro atoms. The second kappa shape index (κ2) is 9.70. The van der Waals surface area contributed by atoms with Gasteiger partial charge in [0.2, 0.25) is 5.91 Å². The van der Waals surface area contributed by atoms with Crippen molar-refractivity contribution in [3.8, 4) is 0 Å². The van der Waals surface area contributed by atoms with Gasteiger partial charge in [0.05, 0.1) is 13.0 Å². The summed E-state index contributed by atoms with van der Waals surface area (Å²) in [7, 11) is 3.45. The molecule has 0 radical (unpaired) electrons. The molecule has 1 aliphatic rings. The van der Waals surface area contributed by atoms with Gasteiger partial charge in [-0.25, -0.2) is 4.79 Å². The largest absolute Gasteiger partial charge is 0.467 e. The SMILES string of the molecule is CCCN(C)C1C[C@@H](C(=O)OC)N(C(=O)C(c2ccccc2)c2ccccc2)C1. The first-order chi connectivity index (χ1) is 14.1. The Morgan fingerprint density at radius 1 is 1.07 bits per heavy atom. The average Bonchev–Trinajstić information content (AvgIpc) is 3.21. The summed E-state index contributed by atoms with van der Waals surface area (Å²) < 4.78 is 5.04. The van der Waals surface area contributed by atoms with Crippen LogP contribution in [0.2, 0.25) is 0 Å². The summed E-state index contributed by atoms with van der Waals surface area (Å²) in [4.78, 5) is 30.3. The lowest BCUT2D eigenvalue weighted by molar-refractivity contribution is -0.151. The highest BCUT2D eigenvalue weighted by Crippen LogP contribution is 2.31. The predicted molar refractivity (Wildman–Crippen MR) is 114 cm³/mol. The molecule has 0 bridgehead atoms. The van der Waals surface area contributed by atoms with Gasteiger partial charge in [0, 0.05) is 12.6 Å². The highest BCUT2D eigenvalue weighted by atomic mass is 16.5. The van der Waals surface area contributed by atoms with Crippen LogP contribution in [-0.2, 0) is 14.3 Å². The van der Waals surface area contributed by atoms with Crippen LogP contribution >= 0.6 is 0 Å². The predicted octanol–water partition coefficient (Wildman–Crippen LogP) is 3.30. The fourth-order valence-corrected chi connectivity index (χ4v) is 4.21. The van der Waals surface area contributed by atoms with E-state index in [4.69, 9.17) is 4.74 Å². The molecule has 2 aromatic carbocycles. The maximum atomic E-state index is 13.8. The molecule has 1 saturated heterocycles. The molecular weight excluding hydrogens is 364 g/mol. The molecule has 5 heteroatoms. The standard InChI is InChI=1S/C24H30N2O3/c1-4-15-25(2)20-16-21(24(28)29-3)26(17-20)23(27)22(18-11-7-5-8-12-18)19-13-9-6-10-14-19/h5-14,20-22H,4,15-17H2,1-3H3/t20?,21-/m0/s1. The van der Waals surface area contributed by atoms with Gasteiger partial charge in [-0.1, -0.05) is 67.6 Å². The smallest absolute Gasteiger partial charge is 0.328 e. The van der Waals surface area contributed by atoms with Crippen LogP contribution in [0.25, 0.3) is 0 Å². The molecule has 2 atom stereocenters. The van der Waals surface area contributed by atoms with Gasteiger partial charge >= 0.3 is 5.97 Å². The van der Waals surface area contributed by atoms with Crippen molar-refractivity contribution in [3.05, 3.63) is 71.8 Å². The molecule has 29 heavy (non-hydrogen) atoms. The molecular formula is C24H30N2O3. The number of nitrogens with zero attached hydrogens (tertiary/aromatic N) is 2. The Labute approximate surface area is 173 Å². The normalized spacial score (nSPS) is 19.0. The number of likely N-dealkylation sites (N-methyl/N-ethyl adjacent to an activating group) is 1. The van der Waals surface area contributed by atoms with Gasteiger partial charge in [-0.15, -0.1) is 0 Å². The van der Waals surface area contributed by atoms with E-state index in [2.05, 4.69) is 18.9 Å². The monoisotopic (exact) mass is 394 g/mol. The lowest BCUT2D eigenvalue weighted by Crippen LogP contribution is -2.44. The Kier molecular flexibility index (Phi) is 7.04. The van der Waals surface area contributed by atoms with Gasteiger partial charge in [0.1, 0.15) is 6.04 Å².